The normalized spacial score (nSPS) is 10.5. The lowest BCUT2D eigenvalue weighted by Crippen LogP contribution is -2.07. The van der Waals surface area contributed by atoms with Crippen LogP contribution in [-0.4, -0.2) is 11.1 Å². The maximum atomic E-state index is 13.6. The van der Waals surface area contributed by atoms with Gasteiger partial charge >= 0.3 is 5.97 Å². The maximum Gasteiger partial charge on any atom is 0.336 e. The molecule has 1 heterocycles. The van der Waals surface area contributed by atoms with Gasteiger partial charge in [0.15, 0.2) is 11.6 Å². The number of benzene rings is 1. The third kappa shape index (κ3) is 2.34. The van der Waals surface area contributed by atoms with Crippen molar-refractivity contribution >= 4 is 17.3 Å². The number of rotatable bonds is 3. The van der Waals surface area contributed by atoms with Gasteiger partial charge in [-0.2, -0.15) is 0 Å². The molecule has 88 valence electrons. The fraction of sp³-hybridized carbons (Fsp3) is 0.0833. The van der Waals surface area contributed by atoms with Crippen LogP contribution in [0.25, 0.3) is 0 Å². The Morgan fingerprint density at radius 1 is 1.29 bits per heavy atom. The predicted molar refractivity (Wildman–Crippen MR) is 60.4 cm³/mol. The summed E-state index contributed by atoms with van der Waals surface area (Å²) < 4.78 is 26.7. The molecule has 1 aromatic carbocycles. The topological polar surface area (TPSA) is 37.3 Å². The van der Waals surface area contributed by atoms with E-state index in [-0.39, 0.29) is 17.5 Å². The van der Waals surface area contributed by atoms with Gasteiger partial charge in [0, 0.05) is 16.9 Å². The molecule has 1 N–H and O–H groups in total. The second-order valence-electron chi connectivity index (χ2n) is 3.45. The molecule has 0 atom stereocenters. The molecule has 0 amide bonds. The molecular weight excluding hydrogens is 246 g/mol. The molecule has 0 saturated carbocycles. The number of halogens is 2. The largest absolute Gasteiger partial charge is 0.478 e. The zero-order valence-electron chi connectivity index (χ0n) is 8.61. The van der Waals surface area contributed by atoms with Crippen LogP contribution in [0.15, 0.2) is 29.6 Å². The van der Waals surface area contributed by atoms with Crippen LogP contribution < -0.4 is 0 Å². The first-order valence-corrected chi connectivity index (χ1v) is 5.70. The monoisotopic (exact) mass is 254 g/mol. The molecular formula is C12H8F2O2S. The number of carbonyl (C=O) groups is 1. The number of hydrogen-bond acceptors (Lipinski definition) is 2. The van der Waals surface area contributed by atoms with Crippen LogP contribution in [0.5, 0.6) is 0 Å². The number of aromatic carboxylic acids is 1. The Labute approximate surface area is 100 Å². The Kier molecular flexibility index (Phi) is 3.19. The van der Waals surface area contributed by atoms with Gasteiger partial charge in [-0.25, -0.2) is 13.6 Å². The maximum absolute atomic E-state index is 13.6. The van der Waals surface area contributed by atoms with Gasteiger partial charge in [-0.05, 0) is 23.6 Å². The summed E-state index contributed by atoms with van der Waals surface area (Å²) in [6.07, 6.45) is 0.0862. The van der Waals surface area contributed by atoms with Crippen molar-refractivity contribution in [3.05, 3.63) is 57.3 Å². The molecule has 0 spiro atoms. The standard InChI is InChI=1S/C12H8F2O2S/c13-10-4-3-8(12(15)16)9(11(10)14)6-7-2-1-5-17-7/h1-5H,6H2,(H,15,16). The van der Waals surface area contributed by atoms with E-state index in [1.165, 1.54) is 11.3 Å². The van der Waals surface area contributed by atoms with Crippen LogP contribution in [0, 0.1) is 11.6 Å². The van der Waals surface area contributed by atoms with Gasteiger partial charge in [-0.1, -0.05) is 6.07 Å². The van der Waals surface area contributed by atoms with E-state index in [0.29, 0.717) is 0 Å². The Hall–Kier alpha value is -1.75. The fourth-order valence-electron chi connectivity index (χ4n) is 1.55. The summed E-state index contributed by atoms with van der Waals surface area (Å²) in [6, 6.07) is 5.44. The van der Waals surface area contributed by atoms with Crippen LogP contribution in [0.1, 0.15) is 20.8 Å². The molecule has 5 heteroatoms. The molecule has 0 bridgehead atoms. The fourth-order valence-corrected chi connectivity index (χ4v) is 2.27. The number of carboxylic acids is 1. The molecule has 0 aliphatic carbocycles. The van der Waals surface area contributed by atoms with E-state index in [2.05, 4.69) is 0 Å². The summed E-state index contributed by atoms with van der Waals surface area (Å²) in [4.78, 5) is 11.7. The van der Waals surface area contributed by atoms with E-state index in [4.69, 9.17) is 5.11 Å². The highest BCUT2D eigenvalue weighted by Gasteiger charge is 2.18. The predicted octanol–water partition coefficient (Wildman–Crippen LogP) is 3.32. The molecule has 2 nitrogen and oxygen atoms in total. The molecule has 0 saturated heterocycles. The molecule has 1 aromatic heterocycles. The first-order chi connectivity index (χ1) is 8.09. The Bertz CT molecular complexity index is 550. The van der Waals surface area contributed by atoms with Gasteiger partial charge in [0.05, 0.1) is 5.56 Å². The Morgan fingerprint density at radius 3 is 2.65 bits per heavy atom. The summed E-state index contributed by atoms with van der Waals surface area (Å²) in [5.41, 5.74) is -0.308. The second-order valence-corrected chi connectivity index (χ2v) is 4.48. The summed E-state index contributed by atoms with van der Waals surface area (Å²) in [7, 11) is 0. The van der Waals surface area contributed by atoms with E-state index < -0.39 is 17.6 Å². The smallest absolute Gasteiger partial charge is 0.336 e. The molecule has 17 heavy (non-hydrogen) atoms. The molecule has 0 aliphatic heterocycles. The lowest BCUT2D eigenvalue weighted by atomic mass is 10.0. The van der Waals surface area contributed by atoms with Crippen molar-refractivity contribution in [2.24, 2.45) is 0 Å². The highest BCUT2D eigenvalue weighted by Crippen LogP contribution is 2.22. The van der Waals surface area contributed by atoms with Gasteiger partial charge < -0.3 is 5.11 Å². The number of thiophene rings is 1. The minimum Gasteiger partial charge on any atom is -0.478 e. The van der Waals surface area contributed by atoms with Gasteiger partial charge in [0.2, 0.25) is 0 Å². The third-order valence-electron chi connectivity index (χ3n) is 2.36. The van der Waals surface area contributed by atoms with E-state index >= 15 is 0 Å². The lowest BCUT2D eigenvalue weighted by molar-refractivity contribution is 0.0695. The molecule has 0 fully saturated rings. The molecule has 2 aromatic rings. The van der Waals surface area contributed by atoms with Crippen LogP contribution >= 0.6 is 11.3 Å². The van der Waals surface area contributed by atoms with Crippen molar-refractivity contribution in [1.29, 1.82) is 0 Å². The summed E-state index contributed by atoms with van der Waals surface area (Å²) in [6.45, 7) is 0. The van der Waals surface area contributed by atoms with Crippen LogP contribution in [0.2, 0.25) is 0 Å². The first-order valence-electron chi connectivity index (χ1n) is 4.82. The van der Waals surface area contributed by atoms with Crippen molar-refractivity contribution in [2.45, 2.75) is 6.42 Å². The molecule has 0 unspecified atom stereocenters. The summed E-state index contributed by atoms with van der Waals surface area (Å²) >= 11 is 1.37. The highest BCUT2D eigenvalue weighted by molar-refractivity contribution is 7.09. The van der Waals surface area contributed by atoms with E-state index in [9.17, 15) is 13.6 Å². The molecule has 2 rings (SSSR count). The molecule has 0 radical (unpaired) electrons. The van der Waals surface area contributed by atoms with Gasteiger partial charge in [-0.3, -0.25) is 0 Å². The summed E-state index contributed by atoms with van der Waals surface area (Å²) in [5.74, 6) is -3.37. The minimum atomic E-state index is -1.25. The van der Waals surface area contributed by atoms with Crippen molar-refractivity contribution in [3.8, 4) is 0 Å². The van der Waals surface area contributed by atoms with Crippen molar-refractivity contribution in [2.75, 3.05) is 0 Å². The average molecular weight is 254 g/mol. The van der Waals surface area contributed by atoms with E-state index in [0.717, 1.165) is 17.0 Å². The Balaban J connectivity index is 2.49. The Morgan fingerprint density at radius 2 is 2.06 bits per heavy atom. The lowest BCUT2D eigenvalue weighted by Gasteiger charge is -2.07. The van der Waals surface area contributed by atoms with Gasteiger partial charge in [-0.15, -0.1) is 11.3 Å². The first kappa shape index (κ1) is 11.7. The number of carboxylic acid groups (broad SMARTS) is 1. The van der Waals surface area contributed by atoms with Crippen LogP contribution in [0.4, 0.5) is 8.78 Å². The number of hydrogen-bond donors (Lipinski definition) is 1. The average Bonchev–Trinajstić information content (AvgIpc) is 2.77. The van der Waals surface area contributed by atoms with Crippen molar-refractivity contribution < 1.29 is 18.7 Å². The van der Waals surface area contributed by atoms with Gasteiger partial charge in [0.25, 0.3) is 0 Å². The minimum absolute atomic E-state index is 0.0862. The molecule has 0 aliphatic rings. The zero-order chi connectivity index (χ0) is 12.4. The summed E-state index contributed by atoms with van der Waals surface area (Å²) in [5, 5.41) is 10.7. The third-order valence-corrected chi connectivity index (χ3v) is 3.23. The quantitative estimate of drug-likeness (QED) is 0.912. The van der Waals surface area contributed by atoms with Crippen molar-refractivity contribution in [1.82, 2.24) is 0 Å². The SMILES string of the molecule is O=C(O)c1ccc(F)c(F)c1Cc1cccs1. The van der Waals surface area contributed by atoms with Gasteiger partial charge in [0.1, 0.15) is 0 Å². The van der Waals surface area contributed by atoms with Crippen molar-refractivity contribution in [3.63, 3.8) is 0 Å². The van der Waals surface area contributed by atoms with E-state index in [1.807, 2.05) is 0 Å². The van der Waals surface area contributed by atoms with Crippen LogP contribution in [-0.2, 0) is 6.42 Å². The zero-order valence-corrected chi connectivity index (χ0v) is 9.43. The second kappa shape index (κ2) is 4.63. The van der Waals surface area contributed by atoms with Crippen LogP contribution in [0.3, 0.4) is 0 Å². The highest BCUT2D eigenvalue weighted by atomic mass is 32.1. The van der Waals surface area contributed by atoms with E-state index in [1.54, 1.807) is 17.5 Å².